The zero-order valence-corrected chi connectivity index (χ0v) is 7.36. The average molecular weight is 160 g/mol. The van der Waals surface area contributed by atoms with Crippen molar-refractivity contribution in [2.24, 2.45) is 5.73 Å². The second-order valence-corrected chi connectivity index (χ2v) is 3.87. The van der Waals surface area contributed by atoms with Crippen molar-refractivity contribution in [3.63, 3.8) is 0 Å². The number of thioether (sulfide) groups is 1. The van der Waals surface area contributed by atoms with Crippen LogP contribution in [0.5, 0.6) is 0 Å². The van der Waals surface area contributed by atoms with Crippen LogP contribution >= 0.6 is 11.8 Å². The third kappa shape index (κ3) is 2.15. The van der Waals surface area contributed by atoms with Gasteiger partial charge in [0.05, 0.1) is 0 Å². The van der Waals surface area contributed by atoms with Gasteiger partial charge < -0.3 is 10.6 Å². The fourth-order valence-corrected chi connectivity index (χ4v) is 2.08. The van der Waals surface area contributed by atoms with Gasteiger partial charge in [-0.05, 0) is 19.2 Å². The fourth-order valence-electron chi connectivity index (χ4n) is 1.38. The molecule has 0 spiro atoms. The molecule has 1 unspecified atom stereocenters. The third-order valence-corrected chi connectivity index (χ3v) is 3.06. The van der Waals surface area contributed by atoms with E-state index in [0.29, 0.717) is 0 Å². The summed E-state index contributed by atoms with van der Waals surface area (Å²) >= 11 is 1.98. The Morgan fingerprint density at radius 2 is 2.50 bits per heavy atom. The predicted molar refractivity (Wildman–Crippen MR) is 47.4 cm³/mol. The molecular formula is C7H16N2S. The van der Waals surface area contributed by atoms with Gasteiger partial charge in [0.2, 0.25) is 0 Å². The lowest BCUT2D eigenvalue weighted by molar-refractivity contribution is 0.350. The van der Waals surface area contributed by atoms with E-state index in [4.69, 9.17) is 5.73 Å². The molecule has 1 rings (SSSR count). The van der Waals surface area contributed by atoms with Gasteiger partial charge in [-0.25, -0.2) is 0 Å². The Morgan fingerprint density at radius 1 is 1.70 bits per heavy atom. The first-order valence-electron chi connectivity index (χ1n) is 3.82. The summed E-state index contributed by atoms with van der Waals surface area (Å²) < 4.78 is 0. The van der Waals surface area contributed by atoms with Crippen LogP contribution in [0.25, 0.3) is 0 Å². The molecule has 0 amide bonds. The summed E-state index contributed by atoms with van der Waals surface area (Å²) in [6.07, 6.45) is 3.54. The second kappa shape index (κ2) is 4.21. The monoisotopic (exact) mass is 160 g/mol. The summed E-state index contributed by atoms with van der Waals surface area (Å²) in [4.78, 5) is 2.45. The number of hydrogen-bond donors (Lipinski definition) is 1. The van der Waals surface area contributed by atoms with Crippen LogP contribution in [0.2, 0.25) is 0 Å². The second-order valence-electron chi connectivity index (χ2n) is 2.74. The van der Waals surface area contributed by atoms with Crippen molar-refractivity contribution in [3.05, 3.63) is 0 Å². The van der Waals surface area contributed by atoms with E-state index >= 15 is 0 Å². The summed E-state index contributed by atoms with van der Waals surface area (Å²) in [5, 5.41) is 0.867. The summed E-state index contributed by atoms with van der Waals surface area (Å²) in [5.41, 5.74) is 5.45. The number of nitrogens with two attached hydrogens (primary N) is 1. The van der Waals surface area contributed by atoms with Gasteiger partial charge in [0.25, 0.3) is 0 Å². The number of hydrogen-bond acceptors (Lipinski definition) is 3. The van der Waals surface area contributed by atoms with E-state index in [1.807, 2.05) is 11.8 Å². The number of likely N-dealkylation sites (tertiary alicyclic amines) is 1. The van der Waals surface area contributed by atoms with Crippen molar-refractivity contribution >= 4 is 11.8 Å². The van der Waals surface area contributed by atoms with Crippen molar-refractivity contribution in [2.45, 2.75) is 11.7 Å². The lowest BCUT2D eigenvalue weighted by atomic mass is 10.4. The maximum Gasteiger partial charge on any atom is 0.0184 e. The normalized spacial score (nSPS) is 27.6. The smallest absolute Gasteiger partial charge is 0.0184 e. The molecule has 1 saturated heterocycles. The predicted octanol–water partition coefficient (Wildman–Crippen LogP) is 0.382. The molecular weight excluding hydrogens is 144 g/mol. The zero-order chi connectivity index (χ0) is 7.40. The lowest BCUT2D eigenvalue weighted by Crippen LogP contribution is -2.27. The van der Waals surface area contributed by atoms with Crippen LogP contribution in [0, 0.1) is 0 Å². The van der Waals surface area contributed by atoms with Crippen molar-refractivity contribution in [2.75, 3.05) is 32.4 Å². The number of nitrogens with zero attached hydrogens (tertiary/aromatic N) is 1. The Kier molecular flexibility index (Phi) is 3.52. The SMILES string of the molecule is CSC1CCN(CCN)C1. The Morgan fingerprint density at radius 3 is 3.00 bits per heavy atom. The van der Waals surface area contributed by atoms with Crippen LogP contribution in [0.15, 0.2) is 0 Å². The van der Waals surface area contributed by atoms with E-state index in [-0.39, 0.29) is 0 Å². The fraction of sp³-hybridized carbons (Fsp3) is 1.00. The zero-order valence-electron chi connectivity index (χ0n) is 6.55. The minimum absolute atomic E-state index is 0.807. The van der Waals surface area contributed by atoms with Crippen LogP contribution in [0.3, 0.4) is 0 Å². The van der Waals surface area contributed by atoms with Crippen molar-refractivity contribution in [1.29, 1.82) is 0 Å². The van der Waals surface area contributed by atoms with E-state index < -0.39 is 0 Å². The molecule has 0 aromatic rings. The molecule has 1 aliphatic rings. The van der Waals surface area contributed by atoms with Gasteiger partial charge >= 0.3 is 0 Å². The van der Waals surface area contributed by atoms with Crippen LogP contribution in [0.1, 0.15) is 6.42 Å². The molecule has 10 heavy (non-hydrogen) atoms. The standard InChI is InChI=1S/C7H16N2S/c1-10-7-2-4-9(6-7)5-3-8/h7H,2-6,8H2,1H3. The summed E-state index contributed by atoms with van der Waals surface area (Å²) in [6, 6.07) is 0. The third-order valence-electron chi connectivity index (χ3n) is 2.01. The van der Waals surface area contributed by atoms with E-state index in [0.717, 1.165) is 18.3 Å². The van der Waals surface area contributed by atoms with Crippen molar-refractivity contribution < 1.29 is 0 Å². The van der Waals surface area contributed by atoms with Crippen molar-refractivity contribution in [3.8, 4) is 0 Å². The molecule has 0 aromatic carbocycles. The van der Waals surface area contributed by atoms with Crippen LogP contribution in [-0.2, 0) is 0 Å². The van der Waals surface area contributed by atoms with E-state index in [2.05, 4.69) is 11.2 Å². The summed E-state index contributed by atoms with van der Waals surface area (Å²) in [5.74, 6) is 0. The Bertz CT molecular complexity index is 97.6. The van der Waals surface area contributed by atoms with Gasteiger partial charge in [-0.2, -0.15) is 11.8 Å². The minimum Gasteiger partial charge on any atom is -0.329 e. The van der Waals surface area contributed by atoms with E-state index in [1.54, 1.807) is 0 Å². The first kappa shape index (κ1) is 8.37. The van der Waals surface area contributed by atoms with Gasteiger partial charge in [0, 0.05) is 24.9 Å². The molecule has 0 saturated carbocycles. The molecule has 0 aromatic heterocycles. The topological polar surface area (TPSA) is 29.3 Å². The summed E-state index contributed by atoms with van der Waals surface area (Å²) in [7, 11) is 0. The summed E-state index contributed by atoms with van der Waals surface area (Å²) in [6.45, 7) is 4.39. The number of rotatable bonds is 3. The van der Waals surface area contributed by atoms with E-state index in [9.17, 15) is 0 Å². The van der Waals surface area contributed by atoms with Crippen LogP contribution in [-0.4, -0.2) is 42.6 Å². The molecule has 1 fully saturated rings. The highest BCUT2D eigenvalue weighted by Crippen LogP contribution is 2.19. The Hall–Kier alpha value is 0.270. The molecule has 0 bridgehead atoms. The van der Waals surface area contributed by atoms with Crippen molar-refractivity contribution in [1.82, 2.24) is 4.90 Å². The molecule has 1 atom stereocenters. The maximum atomic E-state index is 5.45. The molecule has 2 nitrogen and oxygen atoms in total. The molecule has 0 radical (unpaired) electrons. The first-order chi connectivity index (χ1) is 4.86. The van der Waals surface area contributed by atoms with Crippen LogP contribution < -0.4 is 5.73 Å². The van der Waals surface area contributed by atoms with Gasteiger partial charge in [0.15, 0.2) is 0 Å². The highest BCUT2D eigenvalue weighted by atomic mass is 32.2. The largest absolute Gasteiger partial charge is 0.329 e. The maximum absolute atomic E-state index is 5.45. The van der Waals surface area contributed by atoms with Gasteiger partial charge in [-0.1, -0.05) is 0 Å². The van der Waals surface area contributed by atoms with E-state index in [1.165, 1.54) is 19.5 Å². The minimum atomic E-state index is 0.807. The Labute approximate surface area is 67.1 Å². The first-order valence-corrected chi connectivity index (χ1v) is 5.11. The lowest BCUT2D eigenvalue weighted by Gasteiger charge is -2.12. The molecule has 2 N–H and O–H groups in total. The molecule has 1 heterocycles. The van der Waals surface area contributed by atoms with Gasteiger partial charge in [0.1, 0.15) is 0 Å². The van der Waals surface area contributed by atoms with Gasteiger partial charge in [-0.3, -0.25) is 0 Å². The quantitative estimate of drug-likeness (QED) is 0.647. The Balaban J connectivity index is 2.15. The molecule has 3 heteroatoms. The molecule has 60 valence electrons. The van der Waals surface area contributed by atoms with Gasteiger partial charge in [-0.15, -0.1) is 0 Å². The average Bonchev–Trinajstić information content (AvgIpc) is 2.37. The van der Waals surface area contributed by atoms with Crippen LogP contribution in [0.4, 0.5) is 0 Å². The molecule has 0 aliphatic carbocycles. The molecule has 1 aliphatic heterocycles. The highest BCUT2D eigenvalue weighted by molar-refractivity contribution is 7.99. The highest BCUT2D eigenvalue weighted by Gasteiger charge is 2.19.